The van der Waals surface area contributed by atoms with E-state index < -0.39 is 5.60 Å². The summed E-state index contributed by atoms with van der Waals surface area (Å²) in [5.74, 6) is 0.821. The predicted octanol–water partition coefficient (Wildman–Crippen LogP) is 2.59. The zero-order valence-corrected chi connectivity index (χ0v) is 16.9. The second-order valence-electron chi connectivity index (χ2n) is 7.14. The molecule has 1 saturated carbocycles. The Hall–Kier alpha value is -1.32. The van der Waals surface area contributed by atoms with Gasteiger partial charge in [0, 0.05) is 44.3 Å². The maximum absolute atomic E-state index is 11.0. The lowest BCUT2D eigenvalue weighted by atomic mass is 9.79. The van der Waals surface area contributed by atoms with Crippen LogP contribution in [-0.4, -0.2) is 54.7 Å². The Bertz CT molecular complexity index is 708. The van der Waals surface area contributed by atoms with Crippen molar-refractivity contribution in [2.75, 3.05) is 24.5 Å². The molecular formula is C19H24IN5O. The highest BCUT2D eigenvalue weighted by molar-refractivity contribution is 14.1. The number of anilines is 1. The molecular weight excluding hydrogens is 441 g/mol. The first-order valence-corrected chi connectivity index (χ1v) is 10.5. The Kier molecular flexibility index (Phi) is 5.37. The lowest BCUT2D eigenvalue weighted by Crippen LogP contribution is -2.56. The van der Waals surface area contributed by atoms with Crippen LogP contribution in [0.1, 0.15) is 31.4 Å². The van der Waals surface area contributed by atoms with Gasteiger partial charge in [-0.05, 0) is 43.9 Å². The molecule has 2 aromatic heterocycles. The molecule has 2 aromatic rings. The van der Waals surface area contributed by atoms with Gasteiger partial charge in [0.1, 0.15) is 5.60 Å². The second kappa shape index (κ2) is 7.74. The van der Waals surface area contributed by atoms with Crippen molar-refractivity contribution in [3.63, 3.8) is 0 Å². The van der Waals surface area contributed by atoms with E-state index in [0.717, 1.165) is 57.0 Å². The summed E-state index contributed by atoms with van der Waals surface area (Å²) in [5.41, 5.74) is 0.0497. The van der Waals surface area contributed by atoms with Gasteiger partial charge in [0.2, 0.25) is 5.95 Å². The highest BCUT2D eigenvalue weighted by Crippen LogP contribution is 2.39. The predicted molar refractivity (Wildman–Crippen MR) is 109 cm³/mol. The van der Waals surface area contributed by atoms with Crippen molar-refractivity contribution in [3.8, 4) is 0 Å². The van der Waals surface area contributed by atoms with Gasteiger partial charge < -0.3 is 10.0 Å². The maximum Gasteiger partial charge on any atom is 0.225 e. The van der Waals surface area contributed by atoms with Crippen molar-refractivity contribution in [1.82, 2.24) is 19.9 Å². The topological polar surface area (TPSA) is 65.4 Å². The number of piperazine rings is 1. The first-order valence-electron chi connectivity index (χ1n) is 9.21. The maximum atomic E-state index is 11.0. The molecule has 2 aliphatic rings. The molecule has 1 atom stereocenters. The van der Waals surface area contributed by atoms with E-state index in [1.54, 1.807) is 18.6 Å². The molecule has 2 fully saturated rings. The summed E-state index contributed by atoms with van der Waals surface area (Å²) < 4.78 is 0.427. The SMILES string of the molecule is OC1(c2ccccn2)CCC(N2CCN(c3ncccn3)CC2I)CC1. The Morgan fingerprint density at radius 1 is 1.00 bits per heavy atom. The number of hydrogen-bond acceptors (Lipinski definition) is 6. The van der Waals surface area contributed by atoms with Crippen LogP contribution in [0.5, 0.6) is 0 Å². The normalized spacial score (nSPS) is 30.3. The third-order valence-corrected chi connectivity index (χ3v) is 6.70. The van der Waals surface area contributed by atoms with Gasteiger partial charge in [0.05, 0.1) is 9.74 Å². The molecule has 0 spiro atoms. The van der Waals surface area contributed by atoms with Crippen LogP contribution in [0, 0.1) is 0 Å². The minimum absolute atomic E-state index is 0.427. The number of nitrogens with zero attached hydrogens (tertiary/aromatic N) is 5. The van der Waals surface area contributed by atoms with Crippen LogP contribution in [-0.2, 0) is 5.60 Å². The van der Waals surface area contributed by atoms with E-state index in [0.29, 0.717) is 10.1 Å². The zero-order chi connectivity index (χ0) is 18.0. The summed E-state index contributed by atoms with van der Waals surface area (Å²) in [5, 5.41) is 11.0. The van der Waals surface area contributed by atoms with Crippen molar-refractivity contribution < 1.29 is 5.11 Å². The molecule has 138 valence electrons. The fourth-order valence-corrected chi connectivity index (χ4v) is 5.32. The molecule has 1 unspecified atom stereocenters. The minimum Gasteiger partial charge on any atom is -0.384 e. The summed E-state index contributed by atoms with van der Waals surface area (Å²) in [4.78, 5) is 18.0. The molecule has 0 bridgehead atoms. The molecule has 4 rings (SSSR count). The van der Waals surface area contributed by atoms with Crippen LogP contribution in [0.3, 0.4) is 0 Å². The molecule has 6 nitrogen and oxygen atoms in total. The van der Waals surface area contributed by atoms with Crippen molar-refractivity contribution in [2.45, 2.75) is 41.4 Å². The number of pyridine rings is 1. The highest BCUT2D eigenvalue weighted by atomic mass is 127. The minimum atomic E-state index is -0.766. The second-order valence-corrected chi connectivity index (χ2v) is 8.58. The Labute approximate surface area is 167 Å². The average molecular weight is 465 g/mol. The van der Waals surface area contributed by atoms with Crippen LogP contribution in [0.25, 0.3) is 0 Å². The Balaban J connectivity index is 1.37. The number of aliphatic hydroxyl groups is 1. The number of rotatable bonds is 3. The molecule has 0 radical (unpaired) electrons. The summed E-state index contributed by atoms with van der Waals surface area (Å²) >= 11 is 2.54. The van der Waals surface area contributed by atoms with E-state index >= 15 is 0 Å². The van der Waals surface area contributed by atoms with E-state index in [4.69, 9.17) is 0 Å². The van der Waals surface area contributed by atoms with Gasteiger partial charge >= 0.3 is 0 Å². The van der Waals surface area contributed by atoms with Crippen LogP contribution in [0.2, 0.25) is 0 Å². The van der Waals surface area contributed by atoms with Crippen LogP contribution in [0.15, 0.2) is 42.9 Å². The third-order valence-electron chi connectivity index (χ3n) is 5.59. The largest absolute Gasteiger partial charge is 0.384 e. The van der Waals surface area contributed by atoms with Gasteiger partial charge in [-0.15, -0.1) is 0 Å². The monoisotopic (exact) mass is 465 g/mol. The molecule has 7 heteroatoms. The Morgan fingerprint density at radius 2 is 1.73 bits per heavy atom. The molecule has 26 heavy (non-hydrogen) atoms. The number of alkyl halides is 1. The van der Waals surface area contributed by atoms with E-state index in [9.17, 15) is 5.11 Å². The van der Waals surface area contributed by atoms with Gasteiger partial charge in [-0.1, -0.05) is 28.7 Å². The third kappa shape index (κ3) is 3.70. The summed E-state index contributed by atoms with van der Waals surface area (Å²) in [6.45, 7) is 2.90. The molecule has 1 aliphatic heterocycles. The number of aromatic nitrogens is 3. The fraction of sp³-hybridized carbons (Fsp3) is 0.526. The first kappa shape index (κ1) is 18.1. The highest BCUT2D eigenvalue weighted by Gasteiger charge is 2.40. The van der Waals surface area contributed by atoms with E-state index in [1.165, 1.54) is 0 Å². The lowest BCUT2D eigenvalue weighted by molar-refractivity contribution is -0.0300. The molecule has 0 aromatic carbocycles. The summed E-state index contributed by atoms with van der Waals surface area (Å²) in [7, 11) is 0. The smallest absolute Gasteiger partial charge is 0.225 e. The fourth-order valence-electron chi connectivity index (χ4n) is 4.11. The van der Waals surface area contributed by atoms with Crippen molar-refractivity contribution in [2.24, 2.45) is 0 Å². The van der Waals surface area contributed by atoms with Crippen LogP contribution < -0.4 is 4.90 Å². The van der Waals surface area contributed by atoms with E-state index in [1.807, 2.05) is 24.3 Å². The van der Waals surface area contributed by atoms with Gasteiger partial charge in [0.15, 0.2) is 0 Å². The molecule has 1 saturated heterocycles. The number of hydrogen-bond donors (Lipinski definition) is 1. The first-order chi connectivity index (χ1) is 12.7. The van der Waals surface area contributed by atoms with Gasteiger partial charge in [0.25, 0.3) is 0 Å². The van der Waals surface area contributed by atoms with Gasteiger partial charge in [-0.25, -0.2) is 9.97 Å². The quantitative estimate of drug-likeness (QED) is 0.427. The zero-order valence-electron chi connectivity index (χ0n) is 14.7. The van der Waals surface area contributed by atoms with Gasteiger partial charge in [-0.2, -0.15) is 0 Å². The molecule has 3 heterocycles. The number of halogens is 1. The van der Waals surface area contributed by atoms with Crippen molar-refractivity contribution >= 4 is 28.5 Å². The summed E-state index contributed by atoms with van der Waals surface area (Å²) in [6.07, 6.45) is 8.95. The lowest BCUT2D eigenvalue weighted by Gasteiger charge is -2.46. The van der Waals surface area contributed by atoms with Crippen LogP contribution >= 0.6 is 22.6 Å². The van der Waals surface area contributed by atoms with Crippen molar-refractivity contribution in [1.29, 1.82) is 0 Å². The Morgan fingerprint density at radius 3 is 2.38 bits per heavy atom. The average Bonchev–Trinajstić information content (AvgIpc) is 2.70. The van der Waals surface area contributed by atoms with Crippen LogP contribution in [0.4, 0.5) is 5.95 Å². The standard InChI is InChI=1S/C19H24IN5O/c20-17-14-24(18-22-10-3-11-23-18)12-13-25(17)15-5-7-19(26,8-6-15)16-4-1-2-9-21-16/h1-4,9-11,15,17,26H,5-8,12-14H2. The van der Waals surface area contributed by atoms with E-state index in [2.05, 4.69) is 47.3 Å². The molecule has 1 aliphatic carbocycles. The van der Waals surface area contributed by atoms with Crippen molar-refractivity contribution in [3.05, 3.63) is 48.5 Å². The van der Waals surface area contributed by atoms with Gasteiger partial charge in [-0.3, -0.25) is 9.88 Å². The molecule has 0 amide bonds. The summed E-state index contributed by atoms with van der Waals surface area (Å²) in [6, 6.07) is 8.18. The van der Waals surface area contributed by atoms with E-state index in [-0.39, 0.29) is 0 Å². The molecule has 1 N–H and O–H groups in total.